The summed E-state index contributed by atoms with van der Waals surface area (Å²) in [7, 11) is 0. The first-order valence-corrected chi connectivity index (χ1v) is 51.3. The molecule has 6 aromatic heterocycles. The molecule has 3 aliphatic rings. The van der Waals surface area contributed by atoms with Crippen LogP contribution >= 0.6 is 22.7 Å². The quantitative estimate of drug-likeness (QED) is 0.108. The van der Waals surface area contributed by atoms with E-state index in [9.17, 15) is 0 Å². The predicted molar refractivity (Wildman–Crippen MR) is 607 cm³/mol. The summed E-state index contributed by atoms with van der Waals surface area (Å²) < 4.78 is 11.0. The minimum absolute atomic E-state index is 0.100. The number of thiophene rings is 2. The van der Waals surface area contributed by atoms with Gasteiger partial charge in [-0.2, -0.15) is 0 Å². The third-order valence-corrected chi connectivity index (χ3v) is 31.6. The first kappa shape index (κ1) is 89.0. The van der Waals surface area contributed by atoms with Crippen LogP contribution in [0.15, 0.2) is 465 Å². The molecule has 13 nitrogen and oxygen atoms in total. The second-order valence-electron chi connectivity index (χ2n) is 39.1. The zero-order chi connectivity index (χ0) is 98.6. The number of para-hydroxylation sites is 7. The van der Waals surface area contributed by atoms with E-state index in [0.717, 1.165) is 100 Å². The summed E-state index contributed by atoms with van der Waals surface area (Å²) in [6.07, 6.45) is 0. The average molecular weight is 1930 g/mol. The molecule has 25 aromatic rings. The second-order valence-corrected chi connectivity index (χ2v) is 41.3. The van der Waals surface area contributed by atoms with Gasteiger partial charge in [0.05, 0.1) is 34.1 Å². The van der Waals surface area contributed by atoms with E-state index in [4.69, 9.17) is 49.3 Å². The van der Waals surface area contributed by atoms with Crippen LogP contribution in [0.2, 0.25) is 0 Å². The number of hydrogen-bond acceptors (Lipinski definition) is 15. The lowest BCUT2D eigenvalue weighted by molar-refractivity contribution is 0.632. The van der Waals surface area contributed by atoms with Gasteiger partial charge in [-0.05, 0) is 208 Å². The van der Waals surface area contributed by atoms with Crippen molar-refractivity contribution < 1.29 is 4.42 Å². The maximum atomic E-state index is 6.06. The van der Waals surface area contributed by atoms with Crippen molar-refractivity contribution in [3.8, 4) is 114 Å². The normalized spacial score (nSPS) is 13.4. The molecule has 0 spiro atoms. The molecule has 0 fully saturated rings. The molecule has 0 saturated carbocycles. The van der Waals surface area contributed by atoms with Crippen molar-refractivity contribution in [1.29, 1.82) is 0 Å². The van der Waals surface area contributed by atoms with Crippen LogP contribution in [0, 0.1) is 0 Å². The summed E-state index contributed by atoms with van der Waals surface area (Å²) in [5, 5.41) is 7.19. The lowest BCUT2D eigenvalue weighted by atomic mass is 9.73. The van der Waals surface area contributed by atoms with Crippen LogP contribution in [0.5, 0.6) is 0 Å². The standard InChI is InChI=1S/C48H34N4O.2C42H30N4S/c1-48(2)39-15-7-9-17-41(39)52(42-18-10-8-16-40(42)48)36-27-24-34(25-28-36)47-50-45(32-12-4-3-5-13-32)49-46(51-47)33-22-20-31(21-23-33)35-26-29-44-38(30-35)37-14-6-11-19-43(37)53-44;1-42(2)33-18-7-9-20-35(33)46(36-21-10-8-19-34(36)42)29-25-23-28(24-26-29)40-43-39(27-13-4-3-5-14-27)44-41(45-40)32-17-12-16-31-30-15-6-11-22-37(30)47-38(31)32;1-42(2)33-15-7-9-17-35(33)46(36-18-10-8-16-34(36)42)30-23-20-28(21-24-30)40-43-39(27-12-4-3-5-13-27)44-41(45-40)29-22-25-38-32(26-29)31-14-6-11-19-37(31)47-38/h3-30H,1-2H3;2*3-26H,1-2H3. The lowest BCUT2D eigenvalue weighted by Gasteiger charge is -2.42. The zero-order valence-corrected chi connectivity index (χ0v) is 83.1. The fraction of sp³-hybridized carbons (Fsp3) is 0.0682. The Bertz CT molecular complexity index is 9250. The maximum absolute atomic E-state index is 6.06. The molecule has 700 valence electrons. The van der Waals surface area contributed by atoms with Crippen molar-refractivity contribution >= 4 is 136 Å². The Morgan fingerprint density at radius 2 is 0.449 bits per heavy atom. The van der Waals surface area contributed by atoms with E-state index in [1.54, 1.807) is 11.3 Å². The SMILES string of the molecule is CC1(C)c2ccccc2N(c2ccc(-c3nc(-c4ccccc4)nc(-c4ccc(-c5ccc6oc7ccccc7c6c5)cc4)n3)cc2)c2ccccc21.CC1(C)c2ccccc2N(c2ccc(-c3nc(-c4ccccc4)nc(-c4ccc5sc6ccccc6c5c4)n3)cc2)c2ccccc21.CC1(C)c2ccccc2N(c2ccc(-c3nc(-c4ccccc4)nc(-c4cccc5c4sc4ccccc45)n3)cc2)c2ccccc21. The van der Waals surface area contributed by atoms with Gasteiger partial charge in [-0.25, -0.2) is 44.9 Å². The van der Waals surface area contributed by atoms with E-state index in [1.165, 1.54) is 108 Å². The van der Waals surface area contributed by atoms with Gasteiger partial charge in [0, 0.05) is 134 Å². The lowest BCUT2D eigenvalue weighted by Crippen LogP contribution is -2.30. The van der Waals surface area contributed by atoms with Crippen LogP contribution in [0.1, 0.15) is 74.9 Å². The molecule has 147 heavy (non-hydrogen) atoms. The van der Waals surface area contributed by atoms with Crippen molar-refractivity contribution in [2.75, 3.05) is 14.7 Å². The minimum Gasteiger partial charge on any atom is -0.456 e. The van der Waals surface area contributed by atoms with Gasteiger partial charge in [-0.15, -0.1) is 22.7 Å². The third kappa shape index (κ3) is 15.9. The van der Waals surface area contributed by atoms with E-state index in [-0.39, 0.29) is 16.2 Å². The van der Waals surface area contributed by atoms with E-state index in [0.29, 0.717) is 52.4 Å². The van der Waals surface area contributed by atoms with Gasteiger partial charge < -0.3 is 19.1 Å². The largest absolute Gasteiger partial charge is 0.456 e. The summed E-state index contributed by atoms with van der Waals surface area (Å²) in [6, 6.07) is 162. The molecule has 0 N–H and O–H groups in total. The molecule has 28 rings (SSSR count). The van der Waals surface area contributed by atoms with Crippen LogP contribution in [0.25, 0.3) is 176 Å². The predicted octanol–water partition coefficient (Wildman–Crippen LogP) is 35.2. The number of furan rings is 1. The zero-order valence-electron chi connectivity index (χ0n) is 81.5. The van der Waals surface area contributed by atoms with Crippen molar-refractivity contribution in [1.82, 2.24) is 44.9 Å². The average Bonchev–Trinajstić information content (AvgIpc) is 1.67. The fourth-order valence-electron chi connectivity index (χ4n) is 21.7. The Morgan fingerprint density at radius 1 is 0.184 bits per heavy atom. The van der Waals surface area contributed by atoms with Gasteiger partial charge in [0.2, 0.25) is 0 Å². The topological polar surface area (TPSA) is 139 Å². The molecule has 3 aliphatic heterocycles. The third-order valence-electron chi connectivity index (χ3n) is 29.2. The highest BCUT2D eigenvalue weighted by atomic mass is 32.1. The van der Waals surface area contributed by atoms with Gasteiger partial charge in [0.1, 0.15) is 11.2 Å². The summed E-state index contributed by atoms with van der Waals surface area (Å²) >= 11 is 3.60. The Kier molecular flexibility index (Phi) is 22.0. The molecule has 0 aliphatic carbocycles. The Hall–Kier alpha value is -18.2. The first-order valence-electron chi connectivity index (χ1n) is 49.7. The van der Waals surface area contributed by atoms with E-state index in [2.05, 4.69) is 420 Å². The van der Waals surface area contributed by atoms with Crippen LogP contribution < -0.4 is 14.7 Å². The van der Waals surface area contributed by atoms with E-state index >= 15 is 0 Å². The molecule has 9 heterocycles. The Labute approximate surface area is 859 Å². The molecule has 0 saturated heterocycles. The smallest absolute Gasteiger partial charge is 0.165 e. The van der Waals surface area contributed by atoms with Gasteiger partial charge in [0.15, 0.2) is 52.4 Å². The van der Waals surface area contributed by atoms with E-state index in [1.807, 2.05) is 108 Å². The molecule has 0 radical (unpaired) electrons. The molecule has 0 atom stereocenters. The summed E-state index contributed by atoms with van der Waals surface area (Å²) in [6.45, 7) is 13.9. The molecular weight excluding hydrogens is 1830 g/mol. The van der Waals surface area contributed by atoms with Crippen molar-refractivity contribution in [2.45, 2.75) is 57.8 Å². The maximum Gasteiger partial charge on any atom is 0.165 e. The molecule has 0 amide bonds. The first-order chi connectivity index (χ1) is 72.1. The highest BCUT2D eigenvalue weighted by molar-refractivity contribution is 7.26. The number of anilines is 9. The number of nitrogens with zero attached hydrogens (tertiary/aromatic N) is 12. The van der Waals surface area contributed by atoms with E-state index < -0.39 is 0 Å². The van der Waals surface area contributed by atoms with Crippen molar-refractivity contribution in [3.05, 3.63) is 494 Å². The van der Waals surface area contributed by atoms with Crippen LogP contribution in [0.4, 0.5) is 51.2 Å². The van der Waals surface area contributed by atoms with Crippen molar-refractivity contribution in [3.63, 3.8) is 0 Å². The number of hydrogen-bond donors (Lipinski definition) is 0. The van der Waals surface area contributed by atoms with Crippen molar-refractivity contribution in [2.24, 2.45) is 0 Å². The highest BCUT2D eigenvalue weighted by Crippen LogP contribution is 2.57. The Morgan fingerprint density at radius 3 is 0.844 bits per heavy atom. The number of benzene rings is 19. The minimum atomic E-state index is -0.112. The van der Waals surface area contributed by atoms with Gasteiger partial charge >= 0.3 is 0 Å². The summed E-state index contributed by atoms with van der Waals surface area (Å²) in [5.74, 6) is 5.85. The molecule has 15 heteroatoms. The highest BCUT2D eigenvalue weighted by Gasteiger charge is 2.40. The fourth-order valence-corrected chi connectivity index (χ4v) is 24.0. The van der Waals surface area contributed by atoms with Gasteiger partial charge in [-0.1, -0.05) is 339 Å². The molecule has 19 aromatic carbocycles. The van der Waals surface area contributed by atoms with Crippen LogP contribution in [-0.4, -0.2) is 44.9 Å². The molecule has 0 unspecified atom stereocenters. The summed E-state index contributed by atoms with van der Waals surface area (Å²) in [4.78, 5) is 52.4. The number of rotatable bonds is 13. The van der Waals surface area contributed by atoms with Gasteiger partial charge in [-0.3, -0.25) is 0 Å². The summed E-state index contributed by atoms with van der Waals surface area (Å²) in [5.41, 5.74) is 30.6. The van der Waals surface area contributed by atoms with Crippen LogP contribution in [0.3, 0.4) is 0 Å². The Balaban J connectivity index is 0.000000112. The monoisotopic (exact) mass is 1930 g/mol. The van der Waals surface area contributed by atoms with Crippen LogP contribution in [-0.2, 0) is 16.2 Å². The number of fused-ring (bicyclic) bond motifs is 15. The molecular formula is C132H94N12OS2. The number of aromatic nitrogens is 9. The second kappa shape index (κ2) is 36.4. The molecule has 0 bridgehead atoms. The van der Waals surface area contributed by atoms with Gasteiger partial charge in [0.25, 0.3) is 0 Å².